The quantitative estimate of drug-likeness (QED) is 0.322. The van der Waals surface area contributed by atoms with Gasteiger partial charge in [-0.15, -0.1) is 5.10 Å². The Balaban J connectivity index is 1.29. The number of nitrogens with one attached hydrogen (secondary N) is 2. The van der Waals surface area contributed by atoms with Gasteiger partial charge < -0.3 is 20.4 Å². The van der Waals surface area contributed by atoms with Gasteiger partial charge in [-0.25, -0.2) is 17.9 Å². The molecule has 1 fully saturated rings. The van der Waals surface area contributed by atoms with Crippen LogP contribution in [0.4, 0.5) is 17.3 Å². The predicted octanol–water partition coefficient (Wildman–Crippen LogP) is 2.42. The topological polar surface area (TPSA) is 108 Å². The molecule has 5 rings (SSSR count). The van der Waals surface area contributed by atoms with E-state index < -0.39 is 9.84 Å². The van der Waals surface area contributed by atoms with E-state index in [-0.39, 0.29) is 5.75 Å². The second kappa shape index (κ2) is 10.8. The largest absolute Gasteiger partial charge is 0.369 e. The molecule has 0 aliphatic carbocycles. The van der Waals surface area contributed by atoms with Crippen molar-refractivity contribution in [2.75, 3.05) is 62.0 Å². The van der Waals surface area contributed by atoms with E-state index in [9.17, 15) is 8.42 Å². The lowest BCUT2D eigenvalue weighted by molar-refractivity contribution is 0.313. The molecule has 3 aromatic heterocycles. The predicted molar refractivity (Wildman–Crippen MR) is 147 cm³/mol. The molecule has 1 saturated heterocycles. The zero-order chi connectivity index (χ0) is 25.8. The van der Waals surface area contributed by atoms with Crippen molar-refractivity contribution in [1.29, 1.82) is 0 Å². The second-order valence-electron chi connectivity index (χ2n) is 9.49. The fourth-order valence-electron chi connectivity index (χ4n) is 4.34. The first-order valence-electron chi connectivity index (χ1n) is 12.3. The van der Waals surface area contributed by atoms with Crippen LogP contribution in [0.5, 0.6) is 0 Å². The van der Waals surface area contributed by atoms with Gasteiger partial charge in [-0.05, 0) is 55.1 Å². The number of aromatic nitrogens is 4. The Bertz CT molecular complexity index is 1460. The second-order valence-corrected chi connectivity index (χ2v) is 11.7. The van der Waals surface area contributed by atoms with Crippen LogP contribution in [0, 0.1) is 0 Å². The highest BCUT2D eigenvalue weighted by Crippen LogP contribution is 2.24. The lowest BCUT2D eigenvalue weighted by Gasteiger charge is -2.34. The maximum absolute atomic E-state index is 11.3. The molecule has 1 aliphatic heterocycles. The number of rotatable bonds is 9. The molecule has 1 aliphatic rings. The van der Waals surface area contributed by atoms with Crippen LogP contribution in [0.15, 0.2) is 61.1 Å². The molecule has 4 heterocycles. The molecular weight excluding hydrogens is 488 g/mol. The van der Waals surface area contributed by atoms with E-state index in [0.717, 1.165) is 54.2 Å². The molecule has 0 unspecified atom stereocenters. The van der Waals surface area contributed by atoms with Gasteiger partial charge in [-0.3, -0.25) is 4.98 Å². The fourth-order valence-corrected chi connectivity index (χ4v) is 4.86. The normalized spacial score (nSPS) is 14.8. The van der Waals surface area contributed by atoms with Crippen LogP contribution >= 0.6 is 0 Å². The first-order chi connectivity index (χ1) is 17.8. The van der Waals surface area contributed by atoms with Gasteiger partial charge in [-0.1, -0.05) is 0 Å². The third-order valence-electron chi connectivity index (χ3n) is 6.46. The zero-order valence-electron chi connectivity index (χ0n) is 21.1. The number of benzene rings is 1. The molecular formula is C26H32N8O2S. The lowest BCUT2D eigenvalue weighted by atomic mass is 10.1. The summed E-state index contributed by atoms with van der Waals surface area (Å²) in [6.45, 7) is 5.15. The zero-order valence-corrected chi connectivity index (χ0v) is 21.9. The van der Waals surface area contributed by atoms with Crippen molar-refractivity contribution in [2.45, 2.75) is 6.54 Å². The molecule has 0 amide bonds. The Morgan fingerprint density at radius 1 is 0.973 bits per heavy atom. The Hall–Kier alpha value is -3.54. The smallest absolute Gasteiger partial charge is 0.245 e. The van der Waals surface area contributed by atoms with Gasteiger partial charge in [-0.2, -0.15) is 0 Å². The van der Waals surface area contributed by atoms with Crippen LogP contribution in [0.25, 0.3) is 16.8 Å². The van der Waals surface area contributed by atoms with Crippen LogP contribution in [-0.4, -0.2) is 84.7 Å². The summed E-state index contributed by atoms with van der Waals surface area (Å²) in [5.74, 6) is 0.609. The molecule has 11 heteroatoms. The molecule has 10 nitrogen and oxygen atoms in total. The van der Waals surface area contributed by atoms with Gasteiger partial charge in [0, 0.05) is 74.9 Å². The number of hydrogen-bond donors (Lipinski definition) is 2. The summed E-state index contributed by atoms with van der Waals surface area (Å²) in [5, 5.41) is 11.2. The van der Waals surface area contributed by atoms with Crippen molar-refractivity contribution in [3.63, 3.8) is 0 Å². The maximum Gasteiger partial charge on any atom is 0.245 e. The minimum Gasteiger partial charge on any atom is -0.369 e. The summed E-state index contributed by atoms with van der Waals surface area (Å²) in [4.78, 5) is 13.6. The summed E-state index contributed by atoms with van der Waals surface area (Å²) < 4.78 is 24.5. The van der Waals surface area contributed by atoms with Gasteiger partial charge >= 0.3 is 0 Å². The molecule has 4 aromatic rings. The molecule has 0 atom stereocenters. The van der Waals surface area contributed by atoms with E-state index in [1.54, 1.807) is 18.6 Å². The fraction of sp³-hybridized carbons (Fsp3) is 0.346. The van der Waals surface area contributed by atoms with Crippen LogP contribution in [-0.2, 0) is 16.4 Å². The van der Waals surface area contributed by atoms with E-state index in [0.29, 0.717) is 19.0 Å². The molecule has 0 saturated carbocycles. The van der Waals surface area contributed by atoms with E-state index in [4.69, 9.17) is 5.10 Å². The van der Waals surface area contributed by atoms with E-state index in [1.807, 2.05) is 22.7 Å². The summed E-state index contributed by atoms with van der Waals surface area (Å²) in [5.41, 5.74) is 5.81. The number of piperazine rings is 1. The van der Waals surface area contributed by atoms with Crippen molar-refractivity contribution in [3.8, 4) is 11.3 Å². The van der Waals surface area contributed by atoms with Gasteiger partial charge in [0.1, 0.15) is 9.84 Å². The van der Waals surface area contributed by atoms with Crippen LogP contribution in [0.2, 0.25) is 0 Å². The van der Waals surface area contributed by atoms with Crippen molar-refractivity contribution < 1.29 is 8.42 Å². The Labute approximate surface area is 217 Å². The standard InChI is InChI=1S/C26H32N8O2S/c1-32-10-12-33(13-11-32)23-5-3-22(4-6-23)30-26-29-19-24-7-8-25(34(24)31-26)21-15-20(17-28-18-21)16-27-9-14-37(2,35)36/h3-8,15,17-19,27H,9-14,16H2,1-2H3,(H,30,31). The first-order valence-corrected chi connectivity index (χ1v) is 14.4. The van der Waals surface area contributed by atoms with E-state index in [2.05, 4.69) is 61.7 Å². The SMILES string of the molecule is CN1CCN(c2ccc(Nc3ncc4ccc(-c5cncc(CNCCS(C)(=O)=O)c5)n4n3)cc2)CC1. The average molecular weight is 521 g/mol. The Morgan fingerprint density at radius 2 is 1.76 bits per heavy atom. The van der Waals surface area contributed by atoms with Gasteiger partial charge in [0.2, 0.25) is 5.95 Å². The monoisotopic (exact) mass is 520 g/mol. The van der Waals surface area contributed by atoms with Gasteiger partial charge in [0.15, 0.2) is 0 Å². The molecule has 194 valence electrons. The number of nitrogens with zero attached hydrogens (tertiary/aromatic N) is 6. The number of hydrogen-bond acceptors (Lipinski definition) is 9. The van der Waals surface area contributed by atoms with Gasteiger partial charge in [0.05, 0.1) is 23.2 Å². The number of likely N-dealkylation sites (N-methyl/N-ethyl adjacent to an activating group) is 1. The number of pyridine rings is 1. The van der Waals surface area contributed by atoms with E-state index in [1.165, 1.54) is 11.9 Å². The highest BCUT2D eigenvalue weighted by Gasteiger charge is 2.14. The third kappa shape index (κ3) is 6.43. The minimum atomic E-state index is -2.99. The Morgan fingerprint density at radius 3 is 2.51 bits per heavy atom. The summed E-state index contributed by atoms with van der Waals surface area (Å²) in [6, 6.07) is 14.4. The molecule has 0 bridgehead atoms. The van der Waals surface area contributed by atoms with Crippen LogP contribution in [0.3, 0.4) is 0 Å². The van der Waals surface area contributed by atoms with Crippen LogP contribution in [0.1, 0.15) is 5.56 Å². The summed E-state index contributed by atoms with van der Waals surface area (Å²) in [7, 11) is -0.829. The highest BCUT2D eigenvalue weighted by atomic mass is 32.2. The van der Waals surface area contributed by atoms with Crippen molar-refractivity contribution in [2.24, 2.45) is 0 Å². The van der Waals surface area contributed by atoms with Crippen molar-refractivity contribution in [1.82, 2.24) is 29.8 Å². The average Bonchev–Trinajstić information content (AvgIpc) is 3.31. The minimum absolute atomic E-state index is 0.106. The Kier molecular flexibility index (Phi) is 7.36. The molecule has 2 N–H and O–H groups in total. The molecule has 1 aromatic carbocycles. The molecule has 37 heavy (non-hydrogen) atoms. The first kappa shape index (κ1) is 25.1. The van der Waals surface area contributed by atoms with Gasteiger partial charge in [0.25, 0.3) is 0 Å². The van der Waals surface area contributed by atoms with E-state index >= 15 is 0 Å². The number of sulfone groups is 1. The maximum atomic E-state index is 11.3. The van der Waals surface area contributed by atoms with Crippen LogP contribution < -0.4 is 15.5 Å². The number of fused-ring (bicyclic) bond motifs is 1. The third-order valence-corrected chi connectivity index (χ3v) is 7.41. The van der Waals surface area contributed by atoms with Crippen molar-refractivity contribution >= 4 is 32.7 Å². The lowest BCUT2D eigenvalue weighted by Crippen LogP contribution is -2.44. The molecule has 0 radical (unpaired) electrons. The molecule has 0 spiro atoms. The summed E-state index contributed by atoms with van der Waals surface area (Å²) in [6.07, 6.45) is 6.61. The van der Waals surface area contributed by atoms with Crippen molar-refractivity contribution in [3.05, 3.63) is 66.6 Å². The summed E-state index contributed by atoms with van der Waals surface area (Å²) >= 11 is 0. The highest BCUT2D eigenvalue weighted by molar-refractivity contribution is 7.90. The number of anilines is 3.